The molecule has 18 heavy (non-hydrogen) atoms. The van der Waals surface area contributed by atoms with Crippen LogP contribution in [0.15, 0.2) is 23.1 Å². The smallest absolute Gasteiger partial charge is 0.335 e. The summed E-state index contributed by atoms with van der Waals surface area (Å²) in [5, 5.41) is 11.4. The third-order valence-corrected chi connectivity index (χ3v) is 3.14. The summed E-state index contributed by atoms with van der Waals surface area (Å²) in [6, 6.07) is 3.52. The van der Waals surface area contributed by atoms with E-state index in [0.29, 0.717) is 6.54 Å². The molecule has 4 nitrogen and oxygen atoms in total. The van der Waals surface area contributed by atoms with Crippen LogP contribution < -0.4 is 5.32 Å². The molecule has 0 aliphatic carbocycles. The number of aromatic carboxylic acids is 1. The van der Waals surface area contributed by atoms with E-state index in [0.717, 1.165) is 24.2 Å². The van der Waals surface area contributed by atoms with E-state index in [4.69, 9.17) is 5.11 Å². The Morgan fingerprint density at radius 2 is 2.17 bits per heavy atom. The van der Waals surface area contributed by atoms with E-state index < -0.39 is 11.8 Å². The molecule has 0 fully saturated rings. The van der Waals surface area contributed by atoms with Crippen LogP contribution in [0.25, 0.3) is 0 Å². The van der Waals surface area contributed by atoms with Gasteiger partial charge in [-0.15, -0.1) is 11.8 Å². The van der Waals surface area contributed by atoms with E-state index >= 15 is 0 Å². The summed E-state index contributed by atoms with van der Waals surface area (Å²) in [6.45, 7) is 2.51. The number of benzene rings is 1. The third-order valence-electron chi connectivity index (χ3n) is 2.11. The van der Waals surface area contributed by atoms with Gasteiger partial charge >= 0.3 is 5.97 Å². The normalized spacial score (nSPS) is 10.1. The van der Waals surface area contributed by atoms with E-state index in [9.17, 15) is 14.0 Å². The van der Waals surface area contributed by atoms with Crippen LogP contribution in [0, 0.1) is 5.82 Å². The second-order valence-electron chi connectivity index (χ2n) is 3.59. The predicted octanol–water partition coefficient (Wildman–Crippen LogP) is 2.14. The summed E-state index contributed by atoms with van der Waals surface area (Å²) in [4.78, 5) is 22.2. The first-order valence-electron chi connectivity index (χ1n) is 5.47. The summed E-state index contributed by atoms with van der Waals surface area (Å²) in [5.74, 6) is -1.76. The molecule has 1 rings (SSSR count). The molecule has 0 radical (unpaired) electrons. The number of rotatable bonds is 6. The zero-order valence-corrected chi connectivity index (χ0v) is 10.7. The van der Waals surface area contributed by atoms with Gasteiger partial charge in [-0.3, -0.25) is 4.79 Å². The topological polar surface area (TPSA) is 66.4 Å². The fraction of sp³-hybridized carbons (Fsp3) is 0.333. The standard InChI is InChI=1S/C12H14FNO3S/c1-2-5-14-11(15)7-18-10-6-8(12(16)17)3-4-9(10)13/h3-4,6H,2,5,7H2,1H3,(H,14,15)(H,16,17). The molecule has 2 N–H and O–H groups in total. The second kappa shape index (κ2) is 7.00. The van der Waals surface area contributed by atoms with Crippen LogP contribution in [0.3, 0.4) is 0 Å². The van der Waals surface area contributed by atoms with Gasteiger partial charge in [0.15, 0.2) is 0 Å². The number of thioether (sulfide) groups is 1. The van der Waals surface area contributed by atoms with Crippen molar-refractivity contribution in [3.63, 3.8) is 0 Å². The zero-order valence-electron chi connectivity index (χ0n) is 9.90. The van der Waals surface area contributed by atoms with Crippen molar-refractivity contribution in [3.05, 3.63) is 29.6 Å². The summed E-state index contributed by atoms with van der Waals surface area (Å²) >= 11 is 0.987. The molecule has 1 aromatic rings. The lowest BCUT2D eigenvalue weighted by Crippen LogP contribution is -2.25. The van der Waals surface area contributed by atoms with Gasteiger partial charge in [-0.1, -0.05) is 6.92 Å². The van der Waals surface area contributed by atoms with E-state index in [1.165, 1.54) is 12.1 Å². The molecule has 0 aliphatic heterocycles. The number of carboxylic acid groups (broad SMARTS) is 1. The van der Waals surface area contributed by atoms with Crippen molar-refractivity contribution in [1.82, 2.24) is 5.32 Å². The lowest BCUT2D eigenvalue weighted by atomic mass is 10.2. The van der Waals surface area contributed by atoms with Gasteiger partial charge in [-0.05, 0) is 24.6 Å². The maximum absolute atomic E-state index is 13.4. The van der Waals surface area contributed by atoms with Gasteiger partial charge < -0.3 is 10.4 Å². The van der Waals surface area contributed by atoms with Crippen molar-refractivity contribution in [1.29, 1.82) is 0 Å². The van der Waals surface area contributed by atoms with E-state index in [-0.39, 0.29) is 22.1 Å². The monoisotopic (exact) mass is 271 g/mol. The van der Waals surface area contributed by atoms with Gasteiger partial charge in [0, 0.05) is 11.4 Å². The van der Waals surface area contributed by atoms with Crippen LogP contribution >= 0.6 is 11.8 Å². The predicted molar refractivity (Wildman–Crippen MR) is 67.4 cm³/mol. The van der Waals surface area contributed by atoms with Gasteiger partial charge in [0.05, 0.1) is 11.3 Å². The van der Waals surface area contributed by atoms with E-state index in [1.54, 1.807) is 0 Å². The lowest BCUT2D eigenvalue weighted by Gasteiger charge is -2.05. The highest BCUT2D eigenvalue weighted by atomic mass is 32.2. The van der Waals surface area contributed by atoms with Crippen LogP contribution in [0.4, 0.5) is 4.39 Å². The molecule has 0 bridgehead atoms. The van der Waals surface area contributed by atoms with E-state index in [1.807, 2.05) is 6.92 Å². The number of halogens is 1. The number of hydrogen-bond acceptors (Lipinski definition) is 3. The molecule has 0 spiro atoms. The maximum atomic E-state index is 13.4. The number of nitrogens with one attached hydrogen (secondary N) is 1. The molecule has 0 saturated heterocycles. The number of hydrogen-bond donors (Lipinski definition) is 2. The fourth-order valence-electron chi connectivity index (χ4n) is 1.21. The lowest BCUT2D eigenvalue weighted by molar-refractivity contribution is -0.118. The Morgan fingerprint density at radius 1 is 1.44 bits per heavy atom. The van der Waals surface area contributed by atoms with Gasteiger partial charge in [0.1, 0.15) is 5.82 Å². The molecule has 0 unspecified atom stereocenters. The van der Waals surface area contributed by atoms with Crippen LogP contribution in [0.1, 0.15) is 23.7 Å². The minimum Gasteiger partial charge on any atom is -0.478 e. The fourth-order valence-corrected chi connectivity index (χ4v) is 2.01. The number of amides is 1. The summed E-state index contributed by atoms with van der Waals surface area (Å²) < 4.78 is 13.4. The van der Waals surface area contributed by atoms with Gasteiger partial charge in [0.25, 0.3) is 0 Å². The number of carboxylic acids is 1. The summed E-state index contributed by atoms with van der Waals surface area (Å²) in [7, 11) is 0. The summed E-state index contributed by atoms with van der Waals surface area (Å²) in [6.07, 6.45) is 0.833. The minimum absolute atomic E-state index is 0.00728. The molecule has 1 aromatic carbocycles. The average Bonchev–Trinajstić information content (AvgIpc) is 2.35. The third kappa shape index (κ3) is 4.37. The molecule has 1 amide bonds. The highest BCUT2D eigenvalue weighted by Crippen LogP contribution is 2.22. The second-order valence-corrected chi connectivity index (χ2v) is 4.61. The molecule has 0 atom stereocenters. The molecule has 0 saturated carbocycles. The van der Waals surface area contributed by atoms with Crippen LogP contribution in [0.5, 0.6) is 0 Å². The van der Waals surface area contributed by atoms with Gasteiger partial charge in [-0.25, -0.2) is 9.18 Å². The molecule has 0 aromatic heterocycles. The largest absolute Gasteiger partial charge is 0.478 e. The van der Waals surface area contributed by atoms with Gasteiger partial charge in [0.2, 0.25) is 5.91 Å². The van der Waals surface area contributed by atoms with Crippen molar-refractivity contribution in [2.75, 3.05) is 12.3 Å². The molecule has 0 heterocycles. The van der Waals surface area contributed by atoms with Crippen LogP contribution in [0.2, 0.25) is 0 Å². The molecule has 98 valence electrons. The Hall–Kier alpha value is -1.56. The first-order chi connectivity index (χ1) is 8.54. The first kappa shape index (κ1) is 14.5. The molecular formula is C12H14FNO3S. The van der Waals surface area contributed by atoms with Crippen molar-refractivity contribution in [3.8, 4) is 0 Å². The summed E-state index contributed by atoms with van der Waals surface area (Å²) in [5.41, 5.74) is 0.00728. The Labute approximate surface area is 109 Å². The van der Waals surface area contributed by atoms with Crippen LogP contribution in [-0.2, 0) is 4.79 Å². The van der Waals surface area contributed by atoms with Crippen molar-refractivity contribution in [2.45, 2.75) is 18.2 Å². The van der Waals surface area contributed by atoms with Crippen molar-refractivity contribution < 1.29 is 19.1 Å². The van der Waals surface area contributed by atoms with Crippen molar-refractivity contribution >= 4 is 23.6 Å². The van der Waals surface area contributed by atoms with Gasteiger partial charge in [-0.2, -0.15) is 0 Å². The Bertz CT molecular complexity index is 451. The molecule has 0 aliphatic rings. The SMILES string of the molecule is CCCNC(=O)CSc1cc(C(=O)O)ccc1F. The first-order valence-corrected chi connectivity index (χ1v) is 6.45. The maximum Gasteiger partial charge on any atom is 0.335 e. The Balaban J connectivity index is 2.63. The minimum atomic E-state index is -1.12. The molecule has 6 heteroatoms. The number of carbonyl (C=O) groups is 2. The van der Waals surface area contributed by atoms with Crippen molar-refractivity contribution in [2.24, 2.45) is 0 Å². The van der Waals surface area contributed by atoms with E-state index in [2.05, 4.69) is 5.32 Å². The Morgan fingerprint density at radius 3 is 2.78 bits per heavy atom. The zero-order chi connectivity index (χ0) is 13.5. The highest BCUT2D eigenvalue weighted by Gasteiger charge is 2.10. The molecular weight excluding hydrogens is 257 g/mol. The quantitative estimate of drug-likeness (QED) is 0.778. The highest BCUT2D eigenvalue weighted by molar-refractivity contribution is 8.00. The Kier molecular flexibility index (Phi) is 5.64. The number of carbonyl (C=O) groups excluding carboxylic acids is 1. The average molecular weight is 271 g/mol. The van der Waals surface area contributed by atoms with Crippen LogP contribution in [-0.4, -0.2) is 29.3 Å².